The Morgan fingerprint density at radius 2 is 1.95 bits per heavy atom. The lowest BCUT2D eigenvalue weighted by Gasteiger charge is -2.39. The first-order valence-corrected chi connectivity index (χ1v) is 8.70. The molecule has 0 aliphatic carbocycles. The molecule has 1 heterocycles. The van der Waals surface area contributed by atoms with Gasteiger partial charge in [0.05, 0.1) is 6.26 Å². The van der Waals surface area contributed by atoms with Crippen LogP contribution in [0.25, 0.3) is 0 Å². The maximum atomic E-state index is 12.5. The SMILES string of the molecule is CC(C)C(C)(C)C(=O)N1CCCC(NS(C)(=O)=O)C1. The highest BCUT2D eigenvalue weighted by atomic mass is 32.2. The Kier molecular flexibility index (Phi) is 5.01. The van der Waals surface area contributed by atoms with Gasteiger partial charge in [-0.2, -0.15) is 0 Å². The highest BCUT2D eigenvalue weighted by Gasteiger charge is 2.37. The Morgan fingerprint density at radius 3 is 2.42 bits per heavy atom. The summed E-state index contributed by atoms with van der Waals surface area (Å²) < 4.78 is 25.1. The van der Waals surface area contributed by atoms with Crippen LogP contribution in [0.15, 0.2) is 0 Å². The number of piperidine rings is 1. The van der Waals surface area contributed by atoms with Gasteiger partial charge in [0.2, 0.25) is 15.9 Å². The molecule has 6 heteroatoms. The first-order valence-electron chi connectivity index (χ1n) is 6.80. The van der Waals surface area contributed by atoms with Crippen molar-refractivity contribution < 1.29 is 13.2 Å². The van der Waals surface area contributed by atoms with Gasteiger partial charge in [0.25, 0.3) is 0 Å². The molecule has 0 saturated carbocycles. The van der Waals surface area contributed by atoms with E-state index in [9.17, 15) is 13.2 Å². The fraction of sp³-hybridized carbons (Fsp3) is 0.923. The van der Waals surface area contributed by atoms with Crippen molar-refractivity contribution in [1.29, 1.82) is 0 Å². The standard InChI is InChI=1S/C13H26N2O3S/c1-10(2)13(3,4)12(16)15-8-6-7-11(9-15)14-19(5,17)18/h10-11,14H,6-9H2,1-5H3. The summed E-state index contributed by atoms with van der Waals surface area (Å²) in [5.41, 5.74) is -0.410. The fourth-order valence-corrected chi connectivity index (χ4v) is 3.01. The van der Waals surface area contributed by atoms with Crippen molar-refractivity contribution in [3.63, 3.8) is 0 Å². The molecule has 1 rings (SSSR count). The summed E-state index contributed by atoms with van der Waals surface area (Å²) in [5, 5.41) is 0. The quantitative estimate of drug-likeness (QED) is 0.846. The third-order valence-corrected chi connectivity index (χ3v) is 4.85. The molecule has 1 saturated heterocycles. The minimum atomic E-state index is -3.21. The Balaban J connectivity index is 2.72. The van der Waals surface area contributed by atoms with Gasteiger partial charge in [0, 0.05) is 24.5 Å². The maximum absolute atomic E-state index is 12.5. The second-order valence-corrected chi connectivity index (χ2v) is 8.14. The minimum absolute atomic E-state index is 0.113. The second kappa shape index (κ2) is 5.79. The van der Waals surface area contributed by atoms with Crippen LogP contribution >= 0.6 is 0 Å². The molecule has 0 bridgehead atoms. The van der Waals surface area contributed by atoms with Crippen LogP contribution in [0.3, 0.4) is 0 Å². The lowest BCUT2D eigenvalue weighted by atomic mass is 9.79. The molecular formula is C13H26N2O3S. The summed E-state index contributed by atoms with van der Waals surface area (Å²) in [5.74, 6) is 0.366. The summed E-state index contributed by atoms with van der Waals surface area (Å²) >= 11 is 0. The van der Waals surface area contributed by atoms with Crippen LogP contribution in [0, 0.1) is 11.3 Å². The molecule has 0 radical (unpaired) electrons. The molecule has 0 aromatic heterocycles. The minimum Gasteiger partial charge on any atom is -0.341 e. The first-order chi connectivity index (χ1) is 8.54. The van der Waals surface area contributed by atoms with Crippen molar-refractivity contribution >= 4 is 15.9 Å². The van der Waals surface area contributed by atoms with Crippen LogP contribution in [0.2, 0.25) is 0 Å². The Bertz CT molecular complexity index is 429. The Labute approximate surface area is 116 Å². The van der Waals surface area contributed by atoms with E-state index in [1.54, 1.807) is 4.90 Å². The number of carbonyl (C=O) groups excluding carboxylic acids is 1. The Morgan fingerprint density at radius 1 is 1.37 bits per heavy atom. The van der Waals surface area contributed by atoms with Gasteiger partial charge in [-0.25, -0.2) is 13.1 Å². The average molecular weight is 290 g/mol. The third kappa shape index (κ3) is 4.45. The van der Waals surface area contributed by atoms with Crippen LogP contribution in [0.4, 0.5) is 0 Å². The predicted molar refractivity (Wildman–Crippen MR) is 76.2 cm³/mol. The lowest BCUT2D eigenvalue weighted by molar-refractivity contribution is -0.144. The average Bonchev–Trinajstić information content (AvgIpc) is 2.25. The van der Waals surface area contributed by atoms with E-state index in [1.165, 1.54) is 0 Å². The zero-order chi connectivity index (χ0) is 14.8. The molecule has 1 atom stereocenters. The number of hydrogen-bond acceptors (Lipinski definition) is 3. The van der Waals surface area contributed by atoms with E-state index < -0.39 is 15.4 Å². The van der Waals surface area contributed by atoms with Crippen molar-refractivity contribution in [3.05, 3.63) is 0 Å². The molecule has 0 spiro atoms. The van der Waals surface area contributed by atoms with Gasteiger partial charge in [-0.1, -0.05) is 27.7 Å². The summed E-state index contributed by atoms with van der Waals surface area (Å²) in [6.07, 6.45) is 2.79. The molecule has 1 aliphatic heterocycles. The van der Waals surface area contributed by atoms with E-state index in [0.717, 1.165) is 25.6 Å². The number of likely N-dealkylation sites (tertiary alicyclic amines) is 1. The zero-order valence-electron chi connectivity index (χ0n) is 12.6. The van der Waals surface area contributed by atoms with Crippen LogP contribution in [0.1, 0.15) is 40.5 Å². The van der Waals surface area contributed by atoms with Crippen molar-refractivity contribution in [2.45, 2.75) is 46.6 Å². The number of hydrogen-bond donors (Lipinski definition) is 1. The molecule has 0 aromatic rings. The number of nitrogens with one attached hydrogen (secondary N) is 1. The van der Waals surface area contributed by atoms with Gasteiger partial charge in [-0.15, -0.1) is 0 Å². The van der Waals surface area contributed by atoms with E-state index in [0.29, 0.717) is 6.54 Å². The summed E-state index contributed by atoms with van der Waals surface area (Å²) in [6.45, 7) is 9.17. The fourth-order valence-electron chi connectivity index (χ4n) is 2.22. The van der Waals surface area contributed by atoms with Crippen LogP contribution < -0.4 is 4.72 Å². The van der Waals surface area contributed by atoms with Crippen molar-refractivity contribution in [3.8, 4) is 0 Å². The summed E-state index contributed by atoms with van der Waals surface area (Å²) in [6, 6.07) is -0.157. The molecule has 0 aromatic carbocycles. The van der Waals surface area contributed by atoms with E-state index >= 15 is 0 Å². The lowest BCUT2D eigenvalue weighted by Crippen LogP contribution is -2.53. The molecule has 5 nitrogen and oxygen atoms in total. The van der Waals surface area contributed by atoms with E-state index in [-0.39, 0.29) is 17.9 Å². The highest BCUT2D eigenvalue weighted by Crippen LogP contribution is 2.29. The van der Waals surface area contributed by atoms with Gasteiger partial charge >= 0.3 is 0 Å². The molecule has 1 unspecified atom stereocenters. The van der Waals surface area contributed by atoms with Crippen molar-refractivity contribution in [2.75, 3.05) is 19.3 Å². The van der Waals surface area contributed by atoms with Crippen molar-refractivity contribution in [1.82, 2.24) is 9.62 Å². The second-order valence-electron chi connectivity index (χ2n) is 6.36. The zero-order valence-corrected chi connectivity index (χ0v) is 13.4. The van der Waals surface area contributed by atoms with E-state index in [1.807, 2.05) is 27.7 Å². The van der Waals surface area contributed by atoms with Crippen LogP contribution in [-0.4, -0.2) is 44.6 Å². The van der Waals surface area contributed by atoms with Crippen LogP contribution in [0.5, 0.6) is 0 Å². The molecule has 1 aliphatic rings. The Hall–Kier alpha value is -0.620. The number of nitrogens with zero attached hydrogens (tertiary/aromatic N) is 1. The number of rotatable bonds is 4. The van der Waals surface area contributed by atoms with Gasteiger partial charge in [-0.05, 0) is 18.8 Å². The van der Waals surface area contributed by atoms with Crippen molar-refractivity contribution in [2.24, 2.45) is 11.3 Å². The smallest absolute Gasteiger partial charge is 0.228 e. The van der Waals surface area contributed by atoms with Crippen LogP contribution in [-0.2, 0) is 14.8 Å². The number of sulfonamides is 1. The molecule has 1 fully saturated rings. The molecular weight excluding hydrogens is 264 g/mol. The third-order valence-electron chi connectivity index (χ3n) is 4.08. The monoisotopic (exact) mass is 290 g/mol. The first kappa shape index (κ1) is 16.4. The summed E-state index contributed by atoms with van der Waals surface area (Å²) in [4.78, 5) is 14.3. The highest BCUT2D eigenvalue weighted by molar-refractivity contribution is 7.88. The van der Waals surface area contributed by atoms with Gasteiger partial charge in [0.1, 0.15) is 0 Å². The summed E-state index contributed by atoms with van der Waals surface area (Å²) in [7, 11) is -3.21. The maximum Gasteiger partial charge on any atom is 0.228 e. The number of amides is 1. The largest absolute Gasteiger partial charge is 0.341 e. The van der Waals surface area contributed by atoms with Gasteiger partial charge < -0.3 is 4.90 Å². The molecule has 1 N–H and O–H groups in total. The van der Waals surface area contributed by atoms with E-state index in [2.05, 4.69) is 4.72 Å². The van der Waals surface area contributed by atoms with Gasteiger partial charge in [-0.3, -0.25) is 4.79 Å². The molecule has 19 heavy (non-hydrogen) atoms. The normalized spacial score (nSPS) is 21.8. The number of carbonyl (C=O) groups is 1. The topological polar surface area (TPSA) is 66.5 Å². The predicted octanol–water partition coefficient (Wildman–Crippen LogP) is 1.21. The van der Waals surface area contributed by atoms with Gasteiger partial charge in [0.15, 0.2) is 0 Å². The van der Waals surface area contributed by atoms with E-state index in [4.69, 9.17) is 0 Å². The molecule has 1 amide bonds. The molecule has 112 valence electrons.